The molecule has 1 aliphatic rings. The number of amides is 1. The number of carbonyl (C=O) groups is 1. The lowest BCUT2D eigenvalue weighted by molar-refractivity contribution is -0.146. The number of halogens is 3. The molecule has 1 rings (SSSR count). The Bertz CT molecular complexity index is 179. The monoisotopic (exact) mass is 215 g/mol. The van der Waals surface area contributed by atoms with Gasteiger partial charge in [0.25, 0.3) is 0 Å². The second kappa shape index (κ2) is 3.79. The van der Waals surface area contributed by atoms with Crippen molar-refractivity contribution < 1.29 is 13.6 Å². The number of alkyl halides is 3. The maximum atomic E-state index is 12.3. The molecular weight excluding hydrogens is 208 g/mol. The molecule has 70 valence electrons. The van der Waals surface area contributed by atoms with Gasteiger partial charge in [0.1, 0.15) is 0 Å². The average Bonchev–Trinajstić information content (AvgIpc) is 2.03. The Kier molecular flexibility index (Phi) is 3.17. The zero-order chi connectivity index (χ0) is 9.19. The third kappa shape index (κ3) is 2.48. The summed E-state index contributed by atoms with van der Waals surface area (Å²) in [5, 5.41) is -3.73. The van der Waals surface area contributed by atoms with E-state index in [9.17, 15) is 13.6 Å². The van der Waals surface area contributed by atoms with Crippen molar-refractivity contribution in [3.8, 4) is 0 Å². The standard InChI is InChI=1S/C6H8ClF2NOS/c7-6(8,9)5(11)10-1-3-12-4-2-10/h1-4H2. The highest BCUT2D eigenvalue weighted by molar-refractivity contribution is 7.99. The van der Waals surface area contributed by atoms with Crippen molar-refractivity contribution in [2.75, 3.05) is 24.6 Å². The van der Waals surface area contributed by atoms with E-state index in [1.807, 2.05) is 0 Å². The second-order valence-corrected chi connectivity index (χ2v) is 4.10. The van der Waals surface area contributed by atoms with Crippen LogP contribution in [0.15, 0.2) is 0 Å². The van der Waals surface area contributed by atoms with Gasteiger partial charge in [0, 0.05) is 24.6 Å². The summed E-state index contributed by atoms with van der Waals surface area (Å²) in [6, 6.07) is 0. The van der Waals surface area contributed by atoms with Crippen molar-refractivity contribution in [1.29, 1.82) is 0 Å². The summed E-state index contributed by atoms with van der Waals surface area (Å²) in [7, 11) is 0. The van der Waals surface area contributed by atoms with Crippen LogP contribution in [0, 0.1) is 0 Å². The van der Waals surface area contributed by atoms with Gasteiger partial charge in [0.05, 0.1) is 0 Å². The van der Waals surface area contributed by atoms with Gasteiger partial charge in [-0.25, -0.2) is 0 Å². The highest BCUT2D eigenvalue weighted by Gasteiger charge is 2.39. The molecule has 12 heavy (non-hydrogen) atoms. The lowest BCUT2D eigenvalue weighted by Crippen LogP contribution is -2.44. The zero-order valence-corrected chi connectivity index (χ0v) is 7.80. The second-order valence-electron chi connectivity index (χ2n) is 2.40. The number of hydrogen-bond donors (Lipinski definition) is 0. The molecule has 0 unspecified atom stereocenters. The van der Waals surface area contributed by atoms with Crippen molar-refractivity contribution in [2.45, 2.75) is 5.38 Å². The molecule has 0 aromatic heterocycles. The lowest BCUT2D eigenvalue weighted by Gasteiger charge is -2.27. The summed E-state index contributed by atoms with van der Waals surface area (Å²) in [5.74, 6) is 0.140. The van der Waals surface area contributed by atoms with Crippen molar-refractivity contribution >= 4 is 29.3 Å². The molecule has 0 bridgehead atoms. The number of nitrogens with zero attached hydrogens (tertiary/aromatic N) is 1. The lowest BCUT2D eigenvalue weighted by atomic mass is 10.4. The third-order valence-corrected chi connectivity index (χ3v) is 2.64. The molecule has 0 radical (unpaired) electrons. The summed E-state index contributed by atoms with van der Waals surface area (Å²) in [5.41, 5.74) is 0. The molecule has 0 spiro atoms. The van der Waals surface area contributed by atoms with E-state index in [-0.39, 0.29) is 0 Å². The summed E-state index contributed by atoms with van der Waals surface area (Å²) >= 11 is 6.23. The molecule has 0 aromatic carbocycles. The number of thioether (sulfide) groups is 1. The van der Waals surface area contributed by atoms with Gasteiger partial charge in [-0.1, -0.05) is 0 Å². The van der Waals surface area contributed by atoms with E-state index >= 15 is 0 Å². The van der Waals surface area contributed by atoms with Crippen LogP contribution in [0.1, 0.15) is 0 Å². The molecule has 0 saturated carbocycles. The van der Waals surface area contributed by atoms with Gasteiger partial charge in [-0.05, 0) is 11.6 Å². The summed E-state index contributed by atoms with van der Waals surface area (Å²) in [6.07, 6.45) is 0. The predicted molar refractivity (Wildman–Crippen MR) is 44.7 cm³/mol. The Morgan fingerprint density at radius 3 is 2.33 bits per heavy atom. The molecule has 1 heterocycles. The number of hydrogen-bond acceptors (Lipinski definition) is 2. The van der Waals surface area contributed by atoms with Crippen LogP contribution in [0.4, 0.5) is 8.78 Å². The average molecular weight is 216 g/mol. The van der Waals surface area contributed by atoms with E-state index in [0.717, 1.165) is 4.90 Å². The summed E-state index contributed by atoms with van der Waals surface area (Å²) < 4.78 is 24.5. The van der Waals surface area contributed by atoms with E-state index in [1.54, 1.807) is 11.8 Å². The van der Waals surface area contributed by atoms with E-state index in [2.05, 4.69) is 11.6 Å². The molecule has 0 aromatic rings. The topological polar surface area (TPSA) is 20.3 Å². The third-order valence-electron chi connectivity index (χ3n) is 1.54. The first-order chi connectivity index (χ1) is 5.52. The van der Waals surface area contributed by atoms with Crippen LogP contribution in [0.2, 0.25) is 0 Å². The van der Waals surface area contributed by atoms with Crippen LogP contribution in [-0.4, -0.2) is 40.8 Å². The van der Waals surface area contributed by atoms with E-state index in [0.29, 0.717) is 24.6 Å². The van der Waals surface area contributed by atoms with Crippen LogP contribution < -0.4 is 0 Å². The highest BCUT2D eigenvalue weighted by atomic mass is 35.5. The summed E-state index contributed by atoms with van der Waals surface area (Å²) in [4.78, 5) is 12.0. The Labute approximate surface area is 78.2 Å². The quantitative estimate of drug-likeness (QED) is 0.617. The zero-order valence-electron chi connectivity index (χ0n) is 6.23. The summed E-state index contributed by atoms with van der Waals surface area (Å²) in [6.45, 7) is 0.734. The minimum atomic E-state index is -3.73. The maximum absolute atomic E-state index is 12.3. The molecule has 1 aliphatic heterocycles. The molecule has 0 atom stereocenters. The van der Waals surface area contributed by atoms with Crippen molar-refractivity contribution in [2.24, 2.45) is 0 Å². The highest BCUT2D eigenvalue weighted by Crippen LogP contribution is 2.23. The van der Waals surface area contributed by atoms with Crippen LogP contribution in [-0.2, 0) is 4.79 Å². The minimum absolute atomic E-state index is 0.367. The number of rotatable bonds is 1. The first kappa shape index (κ1) is 10.1. The Balaban J connectivity index is 2.51. The first-order valence-electron chi connectivity index (χ1n) is 3.45. The van der Waals surface area contributed by atoms with E-state index in [4.69, 9.17) is 0 Å². The predicted octanol–water partition coefficient (Wildman–Crippen LogP) is 1.39. The van der Waals surface area contributed by atoms with Gasteiger partial charge in [-0.3, -0.25) is 4.79 Å². The Hall–Kier alpha value is -0.0300. The molecule has 1 amide bonds. The first-order valence-corrected chi connectivity index (χ1v) is 4.99. The smallest absolute Gasteiger partial charge is 0.335 e. The fourth-order valence-electron chi connectivity index (χ4n) is 0.946. The minimum Gasteiger partial charge on any atom is -0.335 e. The number of carbonyl (C=O) groups excluding carboxylic acids is 1. The van der Waals surface area contributed by atoms with Crippen LogP contribution >= 0.6 is 23.4 Å². The molecule has 0 N–H and O–H groups in total. The van der Waals surface area contributed by atoms with Gasteiger partial charge in [-0.15, -0.1) is 0 Å². The fraction of sp³-hybridized carbons (Fsp3) is 0.833. The molecular formula is C6H8ClF2NOS. The molecule has 6 heteroatoms. The van der Waals surface area contributed by atoms with Crippen molar-refractivity contribution in [3.05, 3.63) is 0 Å². The molecule has 2 nitrogen and oxygen atoms in total. The maximum Gasteiger partial charge on any atom is 0.399 e. The van der Waals surface area contributed by atoms with Crippen LogP contribution in [0.25, 0.3) is 0 Å². The van der Waals surface area contributed by atoms with Crippen LogP contribution in [0.5, 0.6) is 0 Å². The van der Waals surface area contributed by atoms with Gasteiger partial charge in [-0.2, -0.15) is 20.5 Å². The van der Waals surface area contributed by atoms with Gasteiger partial charge in [0.15, 0.2) is 0 Å². The van der Waals surface area contributed by atoms with Crippen molar-refractivity contribution in [1.82, 2.24) is 4.90 Å². The molecule has 1 fully saturated rings. The Morgan fingerprint density at radius 1 is 1.42 bits per heavy atom. The van der Waals surface area contributed by atoms with Crippen molar-refractivity contribution in [3.63, 3.8) is 0 Å². The van der Waals surface area contributed by atoms with E-state index in [1.165, 1.54) is 0 Å². The Morgan fingerprint density at radius 2 is 1.92 bits per heavy atom. The molecule has 0 aliphatic carbocycles. The fourth-order valence-corrected chi connectivity index (χ4v) is 1.97. The SMILES string of the molecule is O=C(N1CCSCC1)C(F)(F)Cl. The van der Waals surface area contributed by atoms with Crippen LogP contribution in [0.3, 0.4) is 0 Å². The van der Waals surface area contributed by atoms with Gasteiger partial charge < -0.3 is 4.90 Å². The largest absolute Gasteiger partial charge is 0.399 e. The normalized spacial score (nSPS) is 19.4. The van der Waals surface area contributed by atoms with Gasteiger partial charge >= 0.3 is 11.3 Å². The van der Waals surface area contributed by atoms with Gasteiger partial charge in [0.2, 0.25) is 0 Å². The van der Waals surface area contributed by atoms with E-state index < -0.39 is 11.3 Å². The molecule has 1 saturated heterocycles.